The molecule has 2 aromatic rings. The number of ether oxygens (including phenoxy) is 1. The zero-order valence-corrected chi connectivity index (χ0v) is 13.3. The van der Waals surface area contributed by atoms with Gasteiger partial charge in [-0.1, -0.05) is 12.1 Å². The van der Waals surface area contributed by atoms with Gasteiger partial charge in [0.05, 0.1) is 0 Å². The molecule has 0 spiro atoms. The molecular weight excluding hydrogens is 354 g/mol. The molecule has 0 radical (unpaired) electrons. The molecule has 1 aromatic heterocycles. The van der Waals surface area contributed by atoms with Gasteiger partial charge in [-0.2, -0.15) is 0 Å². The molecule has 0 atom stereocenters. The predicted octanol–water partition coefficient (Wildman–Crippen LogP) is 1.33. The number of halogens is 1. The van der Waals surface area contributed by atoms with Crippen LogP contribution in [0.4, 0.5) is 0 Å². The molecule has 0 saturated heterocycles. The third kappa shape index (κ3) is 4.01. The van der Waals surface area contributed by atoms with Crippen LogP contribution in [0.3, 0.4) is 0 Å². The van der Waals surface area contributed by atoms with Crippen LogP contribution in [-0.2, 0) is 11.8 Å². The molecule has 2 rings (SSSR count). The Balaban J connectivity index is 1.82. The van der Waals surface area contributed by atoms with E-state index in [2.05, 4.69) is 26.8 Å². The van der Waals surface area contributed by atoms with Crippen molar-refractivity contribution in [3.63, 3.8) is 0 Å². The van der Waals surface area contributed by atoms with Crippen molar-refractivity contribution in [1.82, 2.24) is 15.4 Å². The summed E-state index contributed by atoms with van der Waals surface area (Å²) in [7, 11) is 1.71. The molecule has 1 heterocycles. The number of nitrogens with zero attached hydrogens (tertiary/aromatic N) is 1. The summed E-state index contributed by atoms with van der Waals surface area (Å²) in [4.78, 5) is 23.5. The largest absolute Gasteiger partial charge is 0.504 e. The number of benzene rings is 1. The van der Waals surface area contributed by atoms with Crippen molar-refractivity contribution >= 4 is 27.7 Å². The Morgan fingerprint density at radius 3 is 2.68 bits per heavy atom. The number of aromatic hydroxyl groups is 1. The summed E-state index contributed by atoms with van der Waals surface area (Å²) in [6.45, 7) is -0.339. The fourth-order valence-electron chi connectivity index (χ4n) is 1.70. The lowest BCUT2D eigenvalue weighted by Crippen LogP contribution is -2.44. The lowest BCUT2D eigenvalue weighted by molar-refractivity contribution is -0.123. The van der Waals surface area contributed by atoms with Gasteiger partial charge in [0.25, 0.3) is 11.8 Å². The van der Waals surface area contributed by atoms with Crippen molar-refractivity contribution < 1.29 is 19.4 Å². The van der Waals surface area contributed by atoms with Crippen LogP contribution in [0.2, 0.25) is 0 Å². The van der Waals surface area contributed by atoms with Crippen molar-refractivity contribution in [3.8, 4) is 11.5 Å². The summed E-state index contributed by atoms with van der Waals surface area (Å²) in [5.74, 6) is -0.877. The lowest BCUT2D eigenvalue weighted by atomic mass is 10.3. The Morgan fingerprint density at radius 2 is 2.05 bits per heavy atom. The van der Waals surface area contributed by atoms with Gasteiger partial charge >= 0.3 is 0 Å². The van der Waals surface area contributed by atoms with Crippen LogP contribution in [0, 0.1) is 0 Å². The van der Waals surface area contributed by atoms with Crippen molar-refractivity contribution in [2.75, 3.05) is 6.61 Å². The number of para-hydroxylation sites is 2. The molecule has 22 heavy (non-hydrogen) atoms. The van der Waals surface area contributed by atoms with Crippen molar-refractivity contribution in [2.24, 2.45) is 7.05 Å². The molecule has 1 aromatic carbocycles. The summed E-state index contributed by atoms with van der Waals surface area (Å²) in [5.41, 5.74) is 4.90. The van der Waals surface area contributed by atoms with Crippen LogP contribution in [0.15, 0.2) is 41.0 Å². The average Bonchev–Trinajstić information content (AvgIpc) is 2.82. The molecule has 0 aliphatic carbocycles. The highest BCUT2D eigenvalue weighted by atomic mass is 79.9. The Morgan fingerprint density at radius 1 is 1.32 bits per heavy atom. The fraction of sp³-hybridized carbons (Fsp3) is 0.143. The number of hydrazine groups is 1. The van der Waals surface area contributed by atoms with Crippen molar-refractivity contribution in [2.45, 2.75) is 0 Å². The van der Waals surface area contributed by atoms with Crippen LogP contribution >= 0.6 is 15.9 Å². The maximum Gasteiger partial charge on any atom is 0.286 e. The minimum Gasteiger partial charge on any atom is -0.504 e. The van der Waals surface area contributed by atoms with Gasteiger partial charge in [-0.25, -0.2) is 0 Å². The second-order valence-corrected chi connectivity index (χ2v) is 5.33. The third-order valence-corrected chi connectivity index (χ3v) is 3.18. The number of hydrogen-bond donors (Lipinski definition) is 3. The van der Waals surface area contributed by atoms with E-state index in [4.69, 9.17) is 4.74 Å². The van der Waals surface area contributed by atoms with Crippen molar-refractivity contribution in [3.05, 3.63) is 46.7 Å². The Labute approximate surface area is 135 Å². The number of carbonyl (C=O) groups is 2. The van der Waals surface area contributed by atoms with Gasteiger partial charge in [-0.15, -0.1) is 0 Å². The highest BCUT2D eigenvalue weighted by Gasteiger charge is 2.12. The Hall–Kier alpha value is -2.48. The number of aryl methyl sites for hydroxylation is 1. The molecule has 0 saturated carbocycles. The van der Waals surface area contributed by atoms with E-state index in [1.54, 1.807) is 36.0 Å². The van der Waals surface area contributed by atoms with E-state index >= 15 is 0 Å². The highest BCUT2D eigenvalue weighted by molar-refractivity contribution is 9.10. The topological polar surface area (TPSA) is 92.6 Å². The standard InChI is InChI=1S/C14H14BrN3O4/c1-18-7-9(15)6-10(18)14(21)17-16-13(20)8-22-12-5-3-2-4-11(12)19/h2-7,19H,8H2,1H3,(H,16,20)(H,17,21). The van der Waals surface area contributed by atoms with Gasteiger partial charge in [0.1, 0.15) is 5.69 Å². The summed E-state index contributed by atoms with van der Waals surface area (Å²) in [6, 6.07) is 7.91. The molecule has 2 amide bonds. The monoisotopic (exact) mass is 367 g/mol. The molecule has 0 aliphatic rings. The quantitative estimate of drug-likeness (QED) is 0.710. The average molecular weight is 368 g/mol. The first-order valence-electron chi connectivity index (χ1n) is 6.29. The smallest absolute Gasteiger partial charge is 0.286 e. The van der Waals surface area contributed by atoms with E-state index in [0.29, 0.717) is 5.69 Å². The van der Waals surface area contributed by atoms with Gasteiger partial charge in [-0.3, -0.25) is 20.4 Å². The number of amides is 2. The van der Waals surface area contributed by atoms with E-state index in [1.165, 1.54) is 12.1 Å². The maximum absolute atomic E-state index is 11.9. The summed E-state index contributed by atoms with van der Waals surface area (Å²) < 4.78 is 7.51. The first-order chi connectivity index (χ1) is 10.5. The Bertz CT molecular complexity index is 699. The van der Waals surface area contributed by atoms with Gasteiger partial charge in [0.15, 0.2) is 18.1 Å². The molecule has 0 aliphatic heterocycles. The van der Waals surface area contributed by atoms with E-state index in [1.807, 2.05) is 0 Å². The number of rotatable bonds is 4. The molecule has 3 N–H and O–H groups in total. The number of carbonyl (C=O) groups excluding carboxylic acids is 2. The first-order valence-corrected chi connectivity index (χ1v) is 7.08. The van der Waals surface area contributed by atoms with Crippen LogP contribution in [0.5, 0.6) is 11.5 Å². The van der Waals surface area contributed by atoms with E-state index < -0.39 is 11.8 Å². The maximum atomic E-state index is 11.9. The SMILES string of the molecule is Cn1cc(Br)cc1C(=O)NNC(=O)COc1ccccc1O. The second-order valence-electron chi connectivity index (χ2n) is 4.41. The third-order valence-electron chi connectivity index (χ3n) is 2.74. The minimum absolute atomic E-state index is 0.0620. The van der Waals surface area contributed by atoms with E-state index in [9.17, 15) is 14.7 Å². The molecule has 7 nitrogen and oxygen atoms in total. The fourth-order valence-corrected chi connectivity index (χ4v) is 2.22. The molecule has 0 bridgehead atoms. The normalized spacial score (nSPS) is 10.1. The molecular formula is C14H14BrN3O4. The van der Waals surface area contributed by atoms with Gasteiger partial charge in [0, 0.05) is 17.7 Å². The zero-order valence-electron chi connectivity index (χ0n) is 11.7. The number of aromatic nitrogens is 1. The van der Waals surface area contributed by atoms with E-state index in [-0.39, 0.29) is 18.1 Å². The van der Waals surface area contributed by atoms with Gasteiger partial charge in [-0.05, 0) is 34.1 Å². The number of phenolic OH excluding ortho intramolecular Hbond substituents is 1. The Kier molecular flexibility index (Phi) is 5.05. The first kappa shape index (κ1) is 15.9. The number of hydrogen-bond acceptors (Lipinski definition) is 4. The molecule has 116 valence electrons. The second kappa shape index (κ2) is 6.99. The van der Waals surface area contributed by atoms with E-state index in [0.717, 1.165) is 4.47 Å². The molecule has 8 heteroatoms. The summed E-state index contributed by atoms with van der Waals surface area (Å²) in [5, 5.41) is 9.49. The van der Waals surface area contributed by atoms with Crippen molar-refractivity contribution in [1.29, 1.82) is 0 Å². The lowest BCUT2D eigenvalue weighted by Gasteiger charge is -2.09. The molecule has 0 unspecified atom stereocenters. The van der Waals surface area contributed by atoms with Gasteiger partial charge < -0.3 is 14.4 Å². The highest BCUT2D eigenvalue weighted by Crippen LogP contribution is 2.23. The van der Waals surface area contributed by atoms with Crippen LogP contribution in [-0.4, -0.2) is 28.1 Å². The van der Waals surface area contributed by atoms with Crippen LogP contribution in [0.25, 0.3) is 0 Å². The number of nitrogens with one attached hydrogen (secondary N) is 2. The summed E-state index contributed by atoms with van der Waals surface area (Å²) >= 11 is 3.26. The van der Waals surface area contributed by atoms with Crippen LogP contribution in [0.1, 0.15) is 10.5 Å². The van der Waals surface area contributed by atoms with Gasteiger partial charge in [0.2, 0.25) is 0 Å². The minimum atomic E-state index is -0.551. The summed E-state index contributed by atoms with van der Waals surface area (Å²) in [6.07, 6.45) is 1.72. The zero-order chi connectivity index (χ0) is 16.1. The predicted molar refractivity (Wildman–Crippen MR) is 82.3 cm³/mol. The number of phenols is 1. The molecule has 0 fully saturated rings. The van der Waals surface area contributed by atoms with Crippen LogP contribution < -0.4 is 15.6 Å².